The van der Waals surface area contributed by atoms with E-state index >= 15 is 0 Å². The molecule has 1 N–H and O–H groups in total. The molecule has 2 bridgehead atoms. The molecule has 0 spiro atoms. The molecule has 2 aliphatic carbocycles. The van der Waals surface area contributed by atoms with Crippen LogP contribution in [-0.2, 0) is 9.84 Å². The summed E-state index contributed by atoms with van der Waals surface area (Å²) in [5.41, 5.74) is 1.03. The number of rotatable bonds is 5. The monoisotopic (exact) mass is 293 g/mol. The van der Waals surface area contributed by atoms with E-state index in [0.717, 1.165) is 30.0 Å². The molecule has 0 aliphatic heterocycles. The van der Waals surface area contributed by atoms with Crippen molar-refractivity contribution in [2.45, 2.75) is 37.5 Å². The van der Waals surface area contributed by atoms with E-state index in [-0.39, 0.29) is 5.75 Å². The van der Waals surface area contributed by atoms with Gasteiger partial charge < -0.3 is 5.32 Å². The van der Waals surface area contributed by atoms with Gasteiger partial charge >= 0.3 is 0 Å². The molecular weight excluding hydrogens is 270 g/mol. The summed E-state index contributed by atoms with van der Waals surface area (Å²) < 4.78 is 23.5. The quantitative estimate of drug-likeness (QED) is 0.906. The molecule has 0 radical (unpaired) electrons. The Hall–Kier alpha value is -1.03. The van der Waals surface area contributed by atoms with E-state index in [9.17, 15) is 8.42 Å². The molecule has 20 heavy (non-hydrogen) atoms. The first-order valence-electron chi connectivity index (χ1n) is 7.65. The van der Waals surface area contributed by atoms with Crippen LogP contribution in [0.1, 0.15) is 32.6 Å². The molecule has 0 aromatic heterocycles. The third-order valence-electron chi connectivity index (χ3n) is 5.05. The van der Waals surface area contributed by atoms with Crippen LogP contribution < -0.4 is 5.32 Å². The lowest BCUT2D eigenvalue weighted by Gasteiger charge is -2.22. The van der Waals surface area contributed by atoms with Crippen molar-refractivity contribution in [3.8, 4) is 0 Å². The van der Waals surface area contributed by atoms with E-state index in [1.54, 1.807) is 19.1 Å². The second-order valence-corrected chi connectivity index (χ2v) is 8.52. The molecule has 0 heterocycles. The van der Waals surface area contributed by atoms with E-state index in [2.05, 4.69) is 5.32 Å². The van der Waals surface area contributed by atoms with Crippen LogP contribution in [-0.4, -0.2) is 20.7 Å². The van der Waals surface area contributed by atoms with Gasteiger partial charge in [-0.05, 0) is 61.3 Å². The van der Waals surface area contributed by atoms with Crippen molar-refractivity contribution in [2.75, 3.05) is 17.6 Å². The molecule has 2 aliphatic rings. The average molecular weight is 293 g/mol. The van der Waals surface area contributed by atoms with Crippen LogP contribution >= 0.6 is 0 Å². The highest BCUT2D eigenvalue weighted by atomic mass is 32.2. The van der Waals surface area contributed by atoms with Crippen LogP contribution in [0.5, 0.6) is 0 Å². The molecule has 3 nitrogen and oxygen atoms in total. The van der Waals surface area contributed by atoms with E-state index in [1.807, 2.05) is 12.1 Å². The summed E-state index contributed by atoms with van der Waals surface area (Å²) in [6, 6.07) is 7.19. The molecule has 4 heteroatoms. The highest BCUT2D eigenvalue weighted by Gasteiger charge is 2.38. The standard InChI is InChI=1S/C16H23NO2S/c1-2-20(18,19)16-7-5-15(6-8-16)17-11-14-10-12-3-4-13(14)9-12/h5-8,12-14,17H,2-4,9-11H2,1H3. The SMILES string of the molecule is CCS(=O)(=O)c1ccc(NCC2CC3CCC2C3)cc1. The smallest absolute Gasteiger partial charge is 0.178 e. The Bertz CT molecular complexity index is 565. The molecular formula is C16H23NO2S. The van der Waals surface area contributed by atoms with Crippen molar-refractivity contribution in [1.29, 1.82) is 0 Å². The van der Waals surface area contributed by atoms with E-state index in [4.69, 9.17) is 0 Å². The van der Waals surface area contributed by atoms with Crippen LogP contribution in [0.2, 0.25) is 0 Å². The predicted molar refractivity (Wildman–Crippen MR) is 81.6 cm³/mol. The molecule has 2 fully saturated rings. The summed E-state index contributed by atoms with van der Waals surface area (Å²) in [6.07, 6.45) is 5.65. The van der Waals surface area contributed by atoms with Crippen molar-refractivity contribution in [2.24, 2.45) is 17.8 Å². The van der Waals surface area contributed by atoms with Crippen molar-refractivity contribution in [1.82, 2.24) is 0 Å². The number of hydrogen-bond acceptors (Lipinski definition) is 3. The highest BCUT2D eigenvalue weighted by molar-refractivity contribution is 7.91. The first kappa shape index (κ1) is 13.9. The van der Waals surface area contributed by atoms with E-state index in [1.165, 1.54) is 25.7 Å². The van der Waals surface area contributed by atoms with Gasteiger partial charge in [0.2, 0.25) is 0 Å². The van der Waals surface area contributed by atoms with E-state index < -0.39 is 9.84 Å². The van der Waals surface area contributed by atoms with Gasteiger partial charge in [-0.1, -0.05) is 13.3 Å². The summed E-state index contributed by atoms with van der Waals surface area (Å²) in [7, 11) is -3.08. The maximum absolute atomic E-state index is 11.7. The zero-order chi connectivity index (χ0) is 14.2. The minimum absolute atomic E-state index is 0.158. The van der Waals surface area contributed by atoms with Gasteiger partial charge in [-0.2, -0.15) is 0 Å². The fourth-order valence-corrected chi connectivity index (χ4v) is 4.71. The highest BCUT2D eigenvalue weighted by Crippen LogP contribution is 2.48. The number of benzene rings is 1. The van der Waals surface area contributed by atoms with Crippen molar-refractivity contribution < 1.29 is 8.42 Å². The lowest BCUT2D eigenvalue weighted by molar-refractivity contribution is 0.348. The Kier molecular flexibility index (Phi) is 3.76. The van der Waals surface area contributed by atoms with Crippen LogP contribution in [0.3, 0.4) is 0 Å². The molecule has 0 amide bonds. The number of anilines is 1. The Balaban J connectivity index is 1.59. The van der Waals surface area contributed by atoms with Gasteiger partial charge in [0.1, 0.15) is 0 Å². The van der Waals surface area contributed by atoms with Crippen LogP contribution in [0.4, 0.5) is 5.69 Å². The average Bonchev–Trinajstić information content (AvgIpc) is 3.08. The van der Waals surface area contributed by atoms with Crippen LogP contribution in [0, 0.1) is 17.8 Å². The molecule has 0 saturated heterocycles. The minimum Gasteiger partial charge on any atom is -0.385 e. The summed E-state index contributed by atoms with van der Waals surface area (Å²) in [6.45, 7) is 2.71. The third kappa shape index (κ3) is 2.71. The fourth-order valence-electron chi connectivity index (χ4n) is 3.82. The van der Waals surface area contributed by atoms with Gasteiger partial charge in [-0.3, -0.25) is 0 Å². The molecule has 2 saturated carbocycles. The second-order valence-electron chi connectivity index (χ2n) is 6.24. The number of nitrogens with one attached hydrogen (secondary N) is 1. The van der Waals surface area contributed by atoms with Crippen molar-refractivity contribution in [3.63, 3.8) is 0 Å². The summed E-state index contributed by atoms with van der Waals surface area (Å²) in [5, 5.41) is 3.47. The van der Waals surface area contributed by atoms with Crippen LogP contribution in [0.15, 0.2) is 29.2 Å². The Labute approximate surface area is 121 Å². The van der Waals surface area contributed by atoms with Gasteiger partial charge in [-0.15, -0.1) is 0 Å². The first-order chi connectivity index (χ1) is 9.58. The topological polar surface area (TPSA) is 46.2 Å². The van der Waals surface area contributed by atoms with Gasteiger partial charge in [0.15, 0.2) is 9.84 Å². The maximum atomic E-state index is 11.7. The Morgan fingerprint density at radius 3 is 2.45 bits per heavy atom. The largest absolute Gasteiger partial charge is 0.385 e. The van der Waals surface area contributed by atoms with Gasteiger partial charge in [0.25, 0.3) is 0 Å². The zero-order valence-electron chi connectivity index (χ0n) is 12.0. The molecule has 1 aromatic carbocycles. The Morgan fingerprint density at radius 2 is 1.90 bits per heavy atom. The van der Waals surface area contributed by atoms with Crippen molar-refractivity contribution >= 4 is 15.5 Å². The Morgan fingerprint density at radius 1 is 1.15 bits per heavy atom. The zero-order valence-corrected chi connectivity index (χ0v) is 12.8. The minimum atomic E-state index is -3.08. The number of fused-ring (bicyclic) bond motifs is 2. The number of hydrogen-bond donors (Lipinski definition) is 1. The van der Waals surface area contributed by atoms with Gasteiger partial charge in [0, 0.05) is 12.2 Å². The molecule has 3 unspecified atom stereocenters. The van der Waals surface area contributed by atoms with Gasteiger partial charge in [-0.25, -0.2) is 8.42 Å². The van der Waals surface area contributed by atoms with Crippen LogP contribution in [0.25, 0.3) is 0 Å². The van der Waals surface area contributed by atoms with E-state index in [0.29, 0.717) is 4.90 Å². The second kappa shape index (κ2) is 5.40. The summed E-state index contributed by atoms with van der Waals surface area (Å²) in [4.78, 5) is 0.422. The lowest BCUT2D eigenvalue weighted by Crippen LogP contribution is -2.20. The maximum Gasteiger partial charge on any atom is 0.178 e. The molecule has 1 aromatic rings. The first-order valence-corrected chi connectivity index (χ1v) is 9.30. The van der Waals surface area contributed by atoms with Crippen molar-refractivity contribution in [3.05, 3.63) is 24.3 Å². The summed E-state index contributed by atoms with van der Waals surface area (Å²) >= 11 is 0. The third-order valence-corrected chi connectivity index (χ3v) is 6.80. The molecule has 3 atom stereocenters. The lowest BCUT2D eigenvalue weighted by atomic mass is 9.89. The fraction of sp³-hybridized carbons (Fsp3) is 0.625. The molecule has 3 rings (SSSR count). The molecule has 110 valence electrons. The summed E-state index contributed by atoms with van der Waals surface area (Å²) in [5.74, 6) is 2.87. The number of sulfone groups is 1. The normalized spacial score (nSPS) is 28.8. The predicted octanol–water partition coefficient (Wildman–Crippen LogP) is 3.33. The van der Waals surface area contributed by atoms with Gasteiger partial charge in [0.05, 0.1) is 10.6 Å².